The molecule has 0 radical (unpaired) electrons. The second kappa shape index (κ2) is 3.21. The number of benzene rings is 1. The minimum Gasteiger partial charge on any atom is -0.246 e. The molecular weight excluding hydrogens is 266 g/mol. The lowest BCUT2D eigenvalue weighted by Gasteiger charge is -2.16. The van der Waals surface area contributed by atoms with Gasteiger partial charge in [0.15, 0.2) is 0 Å². The fourth-order valence-corrected chi connectivity index (χ4v) is 3.43. The molecule has 1 aliphatic rings. The normalized spacial score (nSPS) is 16.3. The average molecular weight is 272 g/mol. The van der Waals surface area contributed by atoms with Gasteiger partial charge in [-0.25, -0.2) is 22.9 Å². The molecule has 0 atom stereocenters. The Morgan fingerprint density at radius 2 is 2.18 bits per heavy atom. The van der Waals surface area contributed by atoms with Crippen molar-refractivity contribution < 1.29 is 8.42 Å². The van der Waals surface area contributed by atoms with Crippen LogP contribution in [-0.2, 0) is 15.6 Å². The van der Waals surface area contributed by atoms with Crippen LogP contribution in [0.4, 0.5) is 0 Å². The minimum atomic E-state index is -3.57. The zero-order chi connectivity index (χ0) is 12.2. The standard InChI is InChI=1S/C9H6ClN3O3S/c10-6-2-1-5-4-17(15,16)9-12-11-8(14)13(9)7(5)3-6/h1-3H,4H2,(H,11,14). The van der Waals surface area contributed by atoms with Crippen molar-refractivity contribution in [1.29, 1.82) is 0 Å². The Morgan fingerprint density at radius 3 is 2.94 bits per heavy atom. The zero-order valence-corrected chi connectivity index (χ0v) is 9.92. The molecule has 0 saturated carbocycles. The third kappa shape index (κ3) is 1.43. The molecule has 1 aliphatic heterocycles. The minimum absolute atomic E-state index is 0.177. The third-order valence-corrected chi connectivity index (χ3v) is 4.31. The Kier molecular flexibility index (Phi) is 1.99. The van der Waals surface area contributed by atoms with Crippen LogP contribution in [0.5, 0.6) is 0 Å². The molecule has 17 heavy (non-hydrogen) atoms. The van der Waals surface area contributed by atoms with E-state index in [0.717, 1.165) is 4.57 Å². The van der Waals surface area contributed by atoms with Gasteiger partial charge in [-0.1, -0.05) is 17.7 Å². The topological polar surface area (TPSA) is 84.8 Å². The predicted octanol–water partition coefficient (Wildman–Crippen LogP) is 0.501. The number of hydrogen-bond acceptors (Lipinski definition) is 4. The van der Waals surface area contributed by atoms with Crippen LogP contribution in [0.15, 0.2) is 28.2 Å². The molecule has 0 bridgehead atoms. The maximum Gasteiger partial charge on any atom is 0.348 e. The van der Waals surface area contributed by atoms with E-state index in [1.165, 1.54) is 0 Å². The van der Waals surface area contributed by atoms with Crippen LogP contribution in [0.2, 0.25) is 5.02 Å². The van der Waals surface area contributed by atoms with E-state index in [0.29, 0.717) is 16.3 Å². The van der Waals surface area contributed by atoms with Crippen LogP contribution in [0, 0.1) is 0 Å². The highest BCUT2D eigenvalue weighted by atomic mass is 35.5. The Bertz CT molecular complexity index is 775. The van der Waals surface area contributed by atoms with Crippen molar-refractivity contribution in [3.8, 4) is 5.69 Å². The second-order valence-corrected chi connectivity index (χ2v) is 6.00. The Balaban J connectivity index is 2.47. The highest BCUT2D eigenvalue weighted by molar-refractivity contribution is 7.90. The second-order valence-electron chi connectivity index (χ2n) is 3.68. The Labute approximate surface area is 101 Å². The summed E-state index contributed by atoms with van der Waals surface area (Å²) in [5, 5.41) is 5.83. The van der Waals surface area contributed by atoms with Crippen molar-refractivity contribution in [3.05, 3.63) is 39.3 Å². The number of aromatic nitrogens is 3. The molecule has 1 N–H and O–H groups in total. The SMILES string of the molecule is O=c1[nH]nc2n1-c1cc(Cl)ccc1CS2(=O)=O. The molecule has 0 amide bonds. The van der Waals surface area contributed by atoms with Gasteiger partial charge in [0, 0.05) is 5.02 Å². The number of H-pyrrole nitrogens is 1. The lowest BCUT2D eigenvalue weighted by Crippen LogP contribution is -2.25. The van der Waals surface area contributed by atoms with Crippen LogP contribution >= 0.6 is 11.6 Å². The monoisotopic (exact) mass is 271 g/mol. The van der Waals surface area contributed by atoms with Crippen molar-refractivity contribution in [2.75, 3.05) is 0 Å². The summed E-state index contributed by atoms with van der Waals surface area (Å²) in [6.45, 7) is 0. The van der Waals surface area contributed by atoms with Gasteiger partial charge < -0.3 is 0 Å². The highest BCUT2D eigenvalue weighted by Crippen LogP contribution is 2.28. The first-order valence-electron chi connectivity index (χ1n) is 4.68. The van der Waals surface area contributed by atoms with Crippen molar-refractivity contribution in [1.82, 2.24) is 14.8 Å². The smallest absolute Gasteiger partial charge is 0.246 e. The number of nitrogens with one attached hydrogen (secondary N) is 1. The molecule has 0 unspecified atom stereocenters. The predicted molar refractivity (Wildman–Crippen MR) is 60.1 cm³/mol. The van der Waals surface area contributed by atoms with Crippen molar-refractivity contribution >= 4 is 21.4 Å². The Morgan fingerprint density at radius 1 is 1.41 bits per heavy atom. The van der Waals surface area contributed by atoms with Crippen molar-refractivity contribution in [2.24, 2.45) is 0 Å². The van der Waals surface area contributed by atoms with Crippen LogP contribution in [0.1, 0.15) is 5.56 Å². The van der Waals surface area contributed by atoms with Gasteiger partial charge in [-0.3, -0.25) is 0 Å². The molecule has 2 heterocycles. The number of nitrogens with zero attached hydrogens (tertiary/aromatic N) is 2. The van der Waals surface area contributed by atoms with Gasteiger partial charge >= 0.3 is 5.69 Å². The number of hydrogen-bond donors (Lipinski definition) is 1. The molecule has 1 aromatic heterocycles. The van der Waals surface area contributed by atoms with Crippen LogP contribution in [0.3, 0.4) is 0 Å². The molecular formula is C9H6ClN3O3S. The largest absolute Gasteiger partial charge is 0.348 e. The van der Waals surface area contributed by atoms with Gasteiger partial charge in [-0.15, -0.1) is 5.10 Å². The van der Waals surface area contributed by atoms with E-state index in [9.17, 15) is 13.2 Å². The van der Waals surface area contributed by atoms with E-state index in [1.807, 2.05) is 0 Å². The first-order valence-corrected chi connectivity index (χ1v) is 6.71. The van der Waals surface area contributed by atoms with E-state index in [2.05, 4.69) is 10.2 Å². The average Bonchev–Trinajstić information content (AvgIpc) is 2.63. The number of fused-ring (bicyclic) bond motifs is 3. The van der Waals surface area contributed by atoms with Crippen molar-refractivity contribution in [3.63, 3.8) is 0 Å². The summed E-state index contributed by atoms with van der Waals surface area (Å²) < 4.78 is 24.7. The number of sulfone groups is 1. The summed E-state index contributed by atoms with van der Waals surface area (Å²) in [5.41, 5.74) is 0.401. The number of aromatic amines is 1. The molecule has 1 aromatic carbocycles. The zero-order valence-electron chi connectivity index (χ0n) is 8.34. The van der Waals surface area contributed by atoms with E-state index in [4.69, 9.17) is 11.6 Å². The maximum atomic E-state index is 11.9. The lowest BCUT2D eigenvalue weighted by atomic mass is 10.2. The maximum absolute atomic E-state index is 11.9. The van der Waals surface area contributed by atoms with Crippen LogP contribution in [0.25, 0.3) is 5.69 Å². The fourth-order valence-electron chi connectivity index (χ4n) is 1.84. The van der Waals surface area contributed by atoms with Gasteiger partial charge in [0.2, 0.25) is 9.84 Å². The van der Waals surface area contributed by atoms with E-state index >= 15 is 0 Å². The number of rotatable bonds is 0. The van der Waals surface area contributed by atoms with Gasteiger partial charge in [-0.05, 0) is 17.7 Å². The molecule has 2 aromatic rings. The molecule has 0 saturated heterocycles. The first-order chi connectivity index (χ1) is 7.99. The Hall–Kier alpha value is -1.60. The van der Waals surface area contributed by atoms with E-state index in [1.54, 1.807) is 18.2 Å². The van der Waals surface area contributed by atoms with E-state index in [-0.39, 0.29) is 10.9 Å². The fraction of sp³-hybridized carbons (Fsp3) is 0.111. The molecule has 0 spiro atoms. The number of halogens is 1. The summed E-state index contributed by atoms with van der Waals surface area (Å²) >= 11 is 5.84. The molecule has 6 nitrogen and oxygen atoms in total. The molecule has 8 heteroatoms. The molecule has 88 valence electrons. The highest BCUT2D eigenvalue weighted by Gasteiger charge is 2.31. The lowest BCUT2D eigenvalue weighted by molar-refractivity contribution is 0.577. The quantitative estimate of drug-likeness (QED) is 0.756. The summed E-state index contributed by atoms with van der Waals surface area (Å²) in [6.07, 6.45) is 0. The summed E-state index contributed by atoms with van der Waals surface area (Å²) in [5.74, 6) is -0.177. The van der Waals surface area contributed by atoms with E-state index < -0.39 is 15.5 Å². The van der Waals surface area contributed by atoms with Gasteiger partial charge in [0.25, 0.3) is 5.16 Å². The van der Waals surface area contributed by atoms with Crippen molar-refractivity contribution in [2.45, 2.75) is 10.9 Å². The molecule has 0 aliphatic carbocycles. The van der Waals surface area contributed by atoms with Gasteiger partial charge in [-0.2, -0.15) is 0 Å². The van der Waals surface area contributed by atoms with Gasteiger partial charge in [0.1, 0.15) is 0 Å². The molecule has 0 fully saturated rings. The summed E-state index contributed by atoms with van der Waals surface area (Å²) in [6, 6.07) is 4.73. The summed E-state index contributed by atoms with van der Waals surface area (Å²) in [4.78, 5) is 11.6. The third-order valence-electron chi connectivity index (χ3n) is 2.55. The van der Waals surface area contributed by atoms with Gasteiger partial charge in [0.05, 0.1) is 11.4 Å². The summed E-state index contributed by atoms with van der Waals surface area (Å²) in [7, 11) is -3.57. The van der Waals surface area contributed by atoms with Crippen LogP contribution < -0.4 is 5.69 Å². The first kappa shape index (κ1) is 10.5. The molecule has 3 rings (SSSR count). The van der Waals surface area contributed by atoms with Crippen LogP contribution in [-0.4, -0.2) is 23.2 Å².